The summed E-state index contributed by atoms with van der Waals surface area (Å²) in [5, 5.41) is 0. The van der Waals surface area contributed by atoms with Crippen molar-refractivity contribution in [3.63, 3.8) is 0 Å². The van der Waals surface area contributed by atoms with E-state index in [9.17, 15) is 19.2 Å². The van der Waals surface area contributed by atoms with Crippen molar-refractivity contribution in [3.05, 3.63) is 0 Å². The molecule has 0 aromatic rings. The molecule has 0 spiro atoms. The zero-order valence-electron chi connectivity index (χ0n) is 21.3. The van der Waals surface area contributed by atoms with Crippen LogP contribution < -0.4 is 10.9 Å². The maximum Gasteiger partial charge on any atom is 0.306 e. The molecule has 33 heavy (non-hydrogen) atoms. The monoisotopic (exact) mass is 468 g/mol. The summed E-state index contributed by atoms with van der Waals surface area (Å²) in [7, 11) is 0. The lowest BCUT2D eigenvalue weighted by Crippen LogP contribution is -2.42. The van der Waals surface area contributed by atoms with Crippen molar-refractivity contribution in [1.29, 1.82) is 0 Å². The number of esters is 2. The van der Waals surface area contributed by atoms with Gasteiger partial charge in [-0.05, 0) is 55.8 Å². The second kappa shape index (κ2) is 14.9. The smallest absolute Gasteiger partial charge is 0.306 e. The lowest BCUT2D eigenvalue weighted by atomic mass is 9.94. The first-order valence-electron chi connectivity index (χ1n) is 12.4. The van der Waals surface area contributed by atoms with Crippen LogP contribution in [-0.4, -0.2) is 36.0 Å². The van der Waals surface area contributed by atoms with E-state index >= 15 is 0 Å². The van der Waals surface area contributed by atoms with E-state index in [1.807, 2.05) is 41.5 Å². The second-order valence-electron chi connectivity index (χ2n) is 10.3. The Kier molecular flexibility index (Phi) is 13.1. The van der Waals surface area contributed by atoms with Crippen LogP contribution in [0, 0.1) is 23.7 Å². The molecule has 0 aliphatic carbocycles. The highest BCUT2D eigenvalue weighted by atomic mass is 16.5. The van der Waals surface area contributed by atoms with Crippen molar-refractivity contribution in [3.8, 4) is 0 Å². The van der Waals surface area contributed by atoms with Gasteiger partial charge in [-0.1, -0.05) is 41.5 Å². The Morgan fingerprint density at radius 2 is 1.03 bits per heavy atom. The van der Waals surface area contributed by atoms with Gasteiger partial charge in [-0.3, -0.25) is 30.0 Å². The molecular formula is C25H44N2O6. The first-order valence-corrected chi connectivity index (χ1v) is 12.4. The molecule has 2 amide bonds. The molecule has 0 aromatic carbocycles. The number of amides is 2. The first-order chi connectivity index (χ1) is 15.5. The summed E-state index contributed by atoms with van der Waals surface area (Å²) in [6.45, 7) is 11.9. The van der Waals surface area contributed by atoms with Gasteiger partial charge < -0.3 is 9.47 Å². The summed E-state index contributed by atoms with van der Waals surface area (Å²) in [6.07, 6.45) is 3.57. The molecule has 1 fully saturated rings. The minimum atomic E-state index is -0.310. The van der Waals surface area contributed by atoms with E-state index in [4.69, 9.17) is 9.47 Å². The Morgan fingerprint density at radius 1 is 0.667 bits per heavy atom. The third-order valence-corrected chi connectivity index (χ3v) is 6.11. The van der Waals surface area contributed by atoms with Gasteiger partial charge in [0.25, 0.3) is 0 Å². The van der Waals surface area contributed by atoms with Gasteiger partial charge in [0.15, 0.2) is 0 Å². The predicted octanol–water partition coefficient (Wildman–Crippen LogP) is 4.07. The summed E-state index contributed by atoms with van der Waals surface area (Å²) >= 11 is 0. The maximum atomic E-state index is 12.3. The van der Waals surface area contributed by atoms with Crippen LogP contribution in [0.25, 0.3) is 0 Å². The van der Waals surface area contributed by atoms with Crippen LogP contribution in [0.1, 0.15) is 99.3 Å². The normalized spacial score (nSPS) is 28.4. The number of hydrazine groups is 1. The van der Waals surface area contributed by atoms with Crippen molar-refractivity contribution in [1.82, 2.24) is 10.9 Å². The van der Waals surface area contributed by atoms with Crippen LogP contribution >= 0.6 is 0 Å². The standard InChI is InChI=1S/C25H44N2O6/c1-16(2)20-12-10-18(5)14-22(28)26-27-23(29)15-19(6)11-13-21(17(3)4)33-25(31)9-7-8-24(30)32-20/h16-21H,7-15H2,1-6H3,(H,26,28)(H,27,29)/t18-,19-,20+,21+/m1/s1. The Labute approximate surface area is 198 Å². The number of nitrogens with one attached hydrogen (secondary N) is 2. The Hall–Kier alpha value is -2.12. The van der Waals surface area contributed by atoms with Crippen molar-refractivity contribution in [2.75, 3.05) is 0 Å². The average molecular weight is 469 g/mol. The quantitative estimate of drug-likeness (QED) is 0.591. The van der Waals surface area contributed by atoms with Crippen molar-refractivity contribution in [2.45, 2.75) is 112 Å². The van der Waals surface area contributed by atoms with E-state index < -0.39 is 0 Å². The fourth-order valence-electron chi connectivity index (χ4n) is 3.87. The van der Waals surface area contributed by atoms with Crippen LogP contribution in [0.4, 0.5) is 0 Å². The van der Waals surface area contributed by atoms with E-state index in [2.05, 4.69) is 10.9 Å². The second-order valence-corrected chi connectivity index (χ2v) is 10.3. The fraction of sp³-hybridized carbons (Fsp3) is 0.840. The van der Waals surface area contributed by atoms with Gasteiger partial charge in [0.2, 0.25) is 11.8 Å². The Balaban J connectivity index is 2.82. The van der Waals surface area contributed by atoms with Gasteiger partial charge >= 0.3 is 11.9 Å². The molecule has 0 aromatic heterocycles. The highest BCUT2D eigenvalue weighted by Gasteiger charge is 2.23. The molecule has 2 N–H and O–H groups in total. The molecule has 0 unspecified atom stereocenters. The molecule has 1 rings (SSSR count). The third-order valence-electron chi connectivity index (χ3n) is 6.11. The van der Waals surface area contributed by atoms with Gasteiger partial charge in [0.1, 0.15) is 12.2 Å². The largest absolute Gasteiger partial charge is 0.462 e. The van der Waals surface area contributed by atoms with Gasteiger partial charge in [-0.25, -0.2) is 0 Å². The minimum Gasteiger partial charge on any atom is -0.462 e. The summed E-state index contributed by atoms with van der Waals surface area (Å²) in [6, 6.07) is 0. The van der Waals surface area contributed by atoms with E-state index in [1.54, 1.807) is 0 Å². The molecule has 8 heteroatoms. The van der Waals surface area contributed by atoms with E-state index in [1.165, 1.54) is 0 Å². The lowest BCUT2D eigenvalue weighted by Gasteiger charge is -2.23. The van der Waals surface area contributed by atoms with Crippen LogP contribution in [-0.2, 0) is 28.7 Å². The number of carbonyl (C=O) groups excluding carboxylic acids is 4. The van der Waals surface area contributed by atoms with Crippen LogP contribution in [0.5, 0.6) is 0 Å². The van der Waals surface area contributed by atoms with Crippen molar-refractivity contribution >= 4 is 23.8 Å². The lowest BCUT2D eigenvalue weighted by molar-refractivity contribution is -0.154. The Morgan fingerprint density at radius 3 is 1.36 bits per heavy atom. The van der Waals surface area contributed by atoms with E-state index in [0.29, 0.717) is 19.3 Å². The van der Waals surface area contributed by atoms with Crippen molar-refractivity contribution in [2.24, 2.45) is 23.7 Å². The molecule has 0 saturated carbocycles. The van der Waals surface area contributed by atoms with Crippen LogP contribution in [0.3, 0.4) is 0 Å². The van der Waals surface area contributed by atoms with E-state index in [-0.39, 0.29) is 85.3 Å². The summed E-state index contributed by atoms with van der Waals surface area (Å²) in [5.74, 6) is -0.637. The molecule has 190 valence electrons. The molecule has 1 aliphatic heterocycles. The highest BCUT2D eigenvalue weighted by molar-refractivity contribution is 5.82. The number of hydrogen-bond donors (Lipinski definition) is 2. The van der Waals surface area contributed by atoms with Crippen molar-refractivity contribution < 1.29 is 28.7 Å². The van der Waals surface area contributed by atoms with Gasteiger partial charge in [0, 0.05) is 25.7 Å². The number of hydrogen-bond acceptors (Lipinski definition) is 6. The van der Waals surface area contributed by atoms with E-state index in [0.717, 1.165) is 12.8 Å². The summed E-state index contributed by atoms with van der Waals surface area (Å²) in [5.41, 5.74) is 4.99. The van der Waals surface area contributed by atoms with Gasteiger partial charge in [-0.15, -0.1) is 0 Å². The zero-order chi connectivity index (χ0) is 25.0. The molecule has 1 saturated heterocycles. The molecule has 0 radical (unpaired) electrons. The topological polar surface area (TPSA) is 111 Å². The maximum absolute atomic E-state index is 12.3. The number of cyclic esters (lactones) is 2. The molecule has 1 heterocycles. The van der Waals surface area contributed by atoms with Crippen LogP contribution in [0.15, 0.2) is 0 Å². The molecular weight excluding hydrogens is 424 g/mol. The number of rotatable bonds is 2. The molecule has 1 aliphatic rings. The van der Waals surface area contributed by atoms with Crippen LogP contribution in [0.2, 0.25) is 0 Å². The van der Waals surface area contributed by atoms with Gasteiger partial charge in [-0.2, -0.15) is 0 Å². The molecule has 0 bridgehead atoms. The first kappa shape index (κ1) is 28.9. The van der Waals surface area contributed by atoms with Gasteiger partial charge in [0.05, 0.1) is 0 Å². The fourth-order valence-corrected chi connectivity index (χ4v) is 3.87. The number of carbonyl (C=O) groups is 4. The average Bonchev–Trinajstić information content (AvgIpc) is 2.71. The SMILES string of the molecule is CC(C)[C@@H]1CC[C@@H](C)CC(=O)NNC(=O)C[C@H](C)CC[C@@H](C(C)C)OC(=O)CCCC(=O)O1. The summed E-state index contributed by atoms with van der Waals surface area (Å²) in [4.78, 5) is 49.0. The zero-order valence-corrected chi connectivity index (χ0v) is 21.3. The third kappa shape index (κ3) is 12.6. The predicted molar refractivity (Wildman–Crippen MR) is 126 cm³/mol. The minimum absolute atomic E-state index is 0.0811. The number of ether oxygens (including phenoxy) is 2. The highest BCUT2D eigenvalue weighted by Crippen LogP contribution is 2.21. The Bertz CT molecular complexity index is 595. The molecule has 8 nitrogen and oxygen atoms in total. The summed E-state index contributed by atoms with van der Waals surface area (Å²) < 4.78 is 11.3. The molecule has 4 atom stereocenters.